The van der Waals surface area contributed by atoms with Crippen LogP contribution in [0.4, 0.5) is 0 Å². The van der Waals surface area contributed by atoms with E-state index in [4.69, 9.17) is 9.47 Å². The van der Waals surface area contributed by atoms with E-state index in [0.29, 0.717) is 12.5 Å². The number of rotatable bonds is 10. The summed E-state index contributed by atoms with van der Waals surface area (Å²) in [5.41, 5.74) is 5.70. The molecule has 0 aromatic heterocycles. The van der Waals surface area contributed by atoms with Crippen LogP contribution in [0.2, 0.25) is 0 Å². The molecule has 0 amide bonds. The molecule has 1 aliphatic rings. The van der Waals surface area contributed by atoms with Crippen LogP contribution in [0.25, 0.3) is 11.1 Å². The zero-order valence-electron chi connectivity index (χ0n) is 21.2. The molecule has 35 heavy (non-hydrogen) atoms. The van der Waals surface area contributed by atoms with Crippen LogP contribution in [0.5, 0.6) is 11.5 Å². The van der Waals surface area contributed by atoms with Gasteiger partial charge in [-0.25, -0.2) is 0 Å². The van der Waals surface area contributed by atoms with Gasteiger partial charge in [0.2, 0.25) is 0 Å². The summed E-state index contributed by atoms with van der Waals surface area (Å²) in [6.07, 6.45) is 3.54. The molecule has 0 aliphatic heterocycles. The summed E-state index contributed by atoms with van der Waals surface area (Å²) >= 11 is 0. The second-order valence-electron chi connectivity index (χ2n) is 10.7. The van der Waals surface area contributed by atoms with Crippen LogP contribution in [-0.4, -0.2) is 18.2 Å². The number of hydrogen-bond donors (Lipinski definition) is 1. The highest BCUT2D eigenvalue weighted by molar-refractivity contribution is 5.70. The molecule has 1 saturated carbocycles. The number of benzene rings is 3. The highest BCUT2D eigenvalue weighted by atomic mass is 16.5. The Morgan fingerprint density at radius 3 is 2.43 bits per heavy atom. The van der Waals surface area contributed by atoms with Crippen LogP contribution in [-0.2, 0) is 16.8 Å². The molecule has 1 N–H and O–H groups in total. The number of aliphatic carboxylic acids is 1. The van der Waals surface area contributed by atoms with Crippen LogP contribution in [0.3, 0.4) is 0 Å². The predicted molar refractivity (Wildman–Crippen MR) is 140 cm³/mol. The average molecular weight is 473 g/mol. The molecule has 184 valence electrons. The van der Waals surface area contributed by atoms with Gasteiger partial charge in [-0.1, -0.05) is 76.1 Å². The minimum atomic E-state index is -0.743. The Morgan fingerprint density at radius 2 is 1.74 bits per heavy atom. The lowest BCUT2D eigenvalue weighted by atomic mass is 9.81. The molecule has 1 aliphatic carbocycles. The summed E-state index contributed by atoms with van der Waals surface area (Å²) in [5, 5.41) is 9.39. The maximum Gasteiger partial charge on any atom is 0.303 e. The van der Waals surface area contributed by atoms with Gasteiger partial charge in [-0.15, -0.1) is 0 Å². The number of carboxylic acids is 1. The first-order valence-electron chi connectivity index (χ1n) is 12.5. The standard InChI is InChI=1S/C31H36O4/c1-31(2,3)29-16-22(13-14-28(29)24-8-6-9-26(18-24)34-4)20-35-27-10-5-7-23(17-27)25(19-30(32)33)15-21-11-12-21/h5-10,13-14,16-18,21,25H,11-12,15,19-20H2,1-4H3,(H,32,33)/t25-/m1/s1. The van der Waals surface area contributed by atoms with Crippen molar-refractivity contribution in [3.63, 3.8) is 0 Å². The number of hydrogen-bond acceptors (Lipinski definition) is 3. The summed E-state index contributed by atoms with van der Waals surface area (Å²) in [4.78, 5) is 11.4. The van der Waals surface area contributed by atoms with Crippen molar-refractivity contribution >= 4 is 5.97 Å². The molecule has 0 bridgehead atoms. The summed E-state index contributed by atoms with van der Waals surface area (Å²) < 4.78 is 11.6. The van der Waals surface area contributed by atoms with E-state index in [-0.39, 0.29) is 17.8 Å². The van der Waals surface area contributed by atoms with Crippen molar-refractivity contribution in [1.82, 2.24) is 0 Å². The maximum atomic E-state index is 11.4. The molecule has 3 aromatic rings. The van der Waals surface area contributed by atoms with Gasteiger partial charge in [0.25, 0.3) is 0 Å². The summed E-state index contributed by atoms with van der Waals surface area (Å²) in [5.74, 6) is 1.59. The molecule has 0 heterocycles. The second kappa shape index (κ2) is 10.6. The number of carboxylic acid groups (broad SMARTS) is 1. The fourth-order valence-electron chi connectivity index (χ4n) is 4.67. The SMILES string of the molecule is COc1cccc(-c2ccc(COc3cccc([C@@H](CC(=O)O)CC4CC4)c3)cc2C(C)(C)C)c1. The van der Waals surface area contributed by atoms with E-state index in [2.05, 4.69) is 51.1 Å². The van der Waals surface area contributed by atoms with Gasteiger partial charge in [-0.2, -0.15) is 0 Å². The van der Waals surface area contributed by atoms with Gasteiger partial charge in [-0.3, -0.25) is 4.79 Å². The van der Waals surface area contributed by atoms with Crippen molar-refractivity contribution in [2.75, 3.05) is 7.11 Å². The van der Waals surface area contributed by atoms with Gasteiger partial charge in [0.05, 0.1) is 13.5 Å². The van der Waals surface area contributed by atoms with Crippen LogP contribution in [0.1, 0.15) is 69.1 Å². The van der Waals surface area contributed by atoms with E-state index in [1.165, 1.54) is 24.0 Å². The Morgan fingerprint density at radius 1 is 1.00 bits per heavy atom. The summed E-state index contributed by atoms with van der Waals surface area (Å²) in [6.45, 7) is 7.13. The predicted octanol–water partition coefficient (Wildman–Crippen LogP) is 7.60. The van der Waals surface area contributed by atoms with Crippen molar-refractivity contribution in [1.29, 1.82) is 0 Å². The summed E-state index contributed by atoms with van der Waals surface area (Å²) in [6, 6.07) is 22.7. The third kappa shape index (κ3) is 6.66. The summed E-state index contributed by atoms with van der Waals surface area (Å²) in [7, 11) is 1.69. The third-order valence-electron chi connectivity index (χ3n) is 6.74. The van der Waals surface area contributed by atoms with Crippen molar-refractivity contribution in [3.8, 4) is 22.6 Å². The van der Waals surface area contributed by atoms with Gasteiger partial charge in [-0.05, 0) is 75.8 Å². The first kappa shape index (κ1) is 24.8. The molecule has 1 fully saturated rings. The highest BCUT2D eigenvalue weighted by Crippen LogP contribution is 2.40. The molecule has 0 spiro atoms. The minimum absolute atomic E-state index is 0.0400. The number of ether oxygens (including phenoxy) is 2. The smallest absolute Gasteiger partial charge is 0.303 e. The zero-order valence-corrected chi connectivity index (χ0v) is 21.2. The Labute approximate surface area is 208 Å². The molecular formula is C31H36O4. The Hall–Kier alpha value is -3.27. The largest absolute Gasteiger partial charge is 0.497 e. The molecule has 4 heteroatoms. The van der Waals surface area contributed by atoms with Gasteiger partial charge in [0.1, 0.15) is 18.1 Å². The lowest BCUT2D eigenvalue weighted by molar-refractivity contribution is -0.137. The van der Waals surface area contributed by atoms with Gasteiger partial charge >= 0.3 is 5.97 Å². The van der Waals surface area contributed by atoms with E-state index in [9.17, 15) is 9.90 Å². The normalized spacial score (nSPS) is 14.4. The number of methoxy groups -OCH3 is 1. The Balaban J connectivity index is 1.53. The molecule has 4 nitrogen and oxygen atoms in total. The third-order valence-corrected chi connectivity index (χ3v) is 6.74. The van der Waals surface area contributed by atoms with Crippen LogP contribution in [0, 0.1) is 5.92 Å². The first-order valence-corrected chi connectivity index (χ1v) is 12.5. The van der Waals surface area contributed by atoms with E-state index < -0.39 is 5.97 Å². The molecule has 0 unspecified atom stereocenters. The zero-order chi connectivity index (χ0) is 25.0. The average Bonchev–Trinajstić information content (AvgIpc) is 3.66. The van der Waals surface area contributed by atoms with Crippen molar-refractivity contribution in [2.24, 2.45) is 5.92 Å². The molecule has 0 radical (unpaired) electrons. The fourth-order valence-corrected chi connectivity index (χ4v) is 4.67. The van der Waals surface area contributed by atoms with Crippen LogP contribution in [0.15, 0.2) is 66.7 Å². The fraction of sp³-hybridized carbons (Fsp3) is 0.387. The Kier molecular flexibility index (Phi) is 7.49. The van der Waals surface area contributed by atoms with Crippen molar-refractivity contribution < 1.29 is 19.4 Å². The molecule has 4 rings (SSSR count). The van der Waals surface area contributed by atoms with E-state index in [0.717, 1.165) is 34.6 Å². The second-order valence-corrected chi connectivity index (χ2v) is 10.7. The lowest BCUT2D eigenvalue weighted by Gasteiger charge is -2.24. The first-order chi connectivity index (χ1) is 16.7. The van der Waals surface area contributed by atoms with E-state index in [1.807, 2.05) is 36.4 Å². The van der Waals surface area contributed by atoms with Gasteiger partial charge in [0.15, 0.2) is 0 Å². The monoisotopic (exact) mass is 472 g/mol. The quantitative estimate of drug-likeness (QED) is 0.330. The van der Waals surface area contributed by atoms with Crippen molar-refractivity contribution in [2.45, 2.75) is 64.4 Å². The lowest BCUT2D eigenvalue weighted by Crippen LogP contribution is -2.14. The molecule has 0 saturated heterocycles. The Bertz CT molecular complexity index is 1170. The molecule has 3 aromatic carbocycles. The van der Waals surface area contributed by atoms with Crippen LogP contribution < -0.4 is 9.47 Å². The van der Waals surface area contributed by atoms with E-state index in [1.54, 1.807) is 7.11 Å². The molecule has 1 atom stereocenters. The van der Waals surface area contributed by atoms with Crippen molar-refractivity contribution in [3.05, 3.63) is 83.4 Å². The van der Waals surface area contributed by atoms with Crippen LogP contribution >= 0.6 is 0 Å². The minimum Gasteiger partial charge on any atom is -0.497 e. The van der Waals surface area contributed by atoms with E-state index >= 15 is 0 Å². The van der Waals surface area contributed by atoms with Gasteiger partial charge in [0, 0.05) is 0 Å². The molecular weight excluding hydrogens is 436 g/mol. The number of carbonyl (C=O) groups is 1. The van der Waals surface area contributed by atoms with Gasteiger partial charge < -0.3 is 14.6 Å². The highest BCUT2D eigenvalue weighted by Gasteiger charge is 2.28. The maximum absolute atomic E-state index is 11.4. The topological polar surface area (TPSA) is 55.8 Å².